The van der Waals surface area contributed by atoms with Crippen molar-refractivity contribution in [3.63, 3.8) is 0 Å². The van der Waals surface area contributed by atoms with E-state index < -0.39 is 0 Å². The fourth-order valence-corrected chi connectivity index (χ4v) is 3.19. The summed E-state index contributed by atoms with van der Waals surface area (Å²) in [4.78, 5) is 12.1. The van der Waals surface area contributed by atoms with Gasteiger partial charge in [-0.1, -0.05) is 54.1 Å². The Hall–Kier alpha value is -2.57. The van der Waals surface area contributed by atoms with Crippen LogP contribution in [0.25, 0.3) is 5.76 Å². The number of Topliss-reactive ketones (excluding diaryl/α,β-unsaturated/α-hetero) is 1. The van der Waals surface area contributed by atoms with Gasteiger partial charge in [0.1, 0.15) is 11.5 Å². The molecule has 0 saturated heterocycles. The van der Waals surface area contributed by atoms with Gasteiger partial charge in [0.25, 0.3) is 0 Å². The maximum Gasteiger partial charge on any atom is 0.140 e. The molecule has 24 heavy (non-hydrogen) atoms. The van der Waals surface area contributed by atoms with E-state index in [1.165, 1.54) is 0 Å². The van der Waals surface area contributed by atoms with Gasteiger partial charge >= 0.3 is 0 Å². The van der Waals surface area contributed by atoms with E-state index in [4.69, 9.17) is 16.3 Å². The Morgan fingerprint density at radius 2 is 1.83 bits per heavy atom. The van der Waals surface area contributed by atoms with E-state index in [0.29, 0.717) is 16.4 Å². The van der Waals surface area contributed by atoms with Crippen LogP contribution in [0.3, 0.4) is 0 Å². The molecule has 0 bridgehead atoms. The second-order valence-electron chi connectivity index (χ2n) is 5.78. The van der Waals surface area contributed by atoms with Crippen molar-refractivity contribution < 1.29 is 9.53 Å². The number of nitriles is 1. The van der Waals surface area contributed by atoms with Gasteiger partial charge in [-0.3, -0.25) is 4.79 Å². The lowest BCUT2D eigenvalue weighted by Gasteiger charge is -2.32. The van der Waals surface area contributed by atoms with Crippen LogP contribution < -0.4 is 0 Å². The minimum atomic E-state index is -0.381. The highest BCUT2D eigenvalue weighted by atomic mass is 35.5. The molecule has 3 nitrogen and oxygen atoms in total. The van der Waals surface area contributed by atoms with Crippen LogP contribution in [-0.2, 0) is 9.53 Å². The van der Waals surface area contributed by atoms with Gasteiger partial charge in [0.05, 0.1) is 24.2 Å². The van der Waals surface area contributed by atoms with Gasteiger partial charge in [-0.05, 0) is 24.6 Å². The molecule has 3 rings (SSSR count). The van der Waals surface area contributed by atoms with Crippen LogP contribution in [0.2, 0.25) is 5.02 Å². The van der Waals surface area contributed by atoms with Crippen molar-refractivity contribution in [3.05, 3.63) is 76.3 Å². The average Bonchev–Trinajstić information content (AvgIpc) is 2.61. The summed E-state index contributed by atoms with van der Waals surface area (Å²) in [5.74, 6) is -0.146. The van der Waals surface area contributed by atoms with Crippen LogP contribution in [0, 0.1) is 17.2 Å². The number of ketones is 1. The standard InChI is InChI=1S/C20H16ClNO2/c1-13(23)18-12-24-20(15-5-3-2-4-6-15)17(11-22)19(18)14-7-9-16(21)10-8-14/h2-10,18-19H,12H2,1H3/t18-,19+/m1/s1. The van der Waals surface area contributed by atoms with E-state index in [9.17, 15) is 10.1 Å². The number of benzene rings is 2. The van der Waals surface area contributed by atoms with Crippen LogP contribution in [-0.4, -0.2) is 12.4 Å². The van der Waals surface area contributed by atoms with Crippen molar-refractivity contribution >= 4 is 23.1 Å². The molecule has 4 heteroatoms. The summed E-state index contributed by atoms with van der Waals surface area (Å²) in [7, 11) is 0. The summed E-state index contributed by atoms with van der Waals surface area (Å²) in [6, 6.07) is 19.1. The molecule has 120 valence electrons. The average molecular weight is 338 g/mol. The maximum atomic E-state index is 12.1. The van der Waals surface area contributed by atoms with Crippen LogP contribution in [0.15, 0.2) is 60.2 Å². The van der Waals surface area contributed by atoms with Crippen LogP contribution in [0.5, 0.6) is 0 Å². The first-order valence-corrected chi connectivity index (χ1v) is 8.08. The lowest BCUT2D eigenvalue weighted by atomic mass is 9.77. The summed E-state index contributed by atoms with van der Waals surface area (Å²) >= 11 is 5.98. The largest absolute Gasteiger partial charge is 0.491 e. The Morgan fingerprint density at radius 3 is 2.42 bits per heavy atom. The third-order valence-corrected chi connectivity index (χ3v) is 4.52. The number of halogens is 1. The van der Waals surface area contributed by atoms with E-state index in [1.54, 1.807) is 19.1 Å². The molecule has 0 unspecified atom stereocenters. The minimum absolute atomic E-state index is 0.00908. The fourth-order valence-electron chi connectivity index (χ4n) is 3.06. The van der Waals surface area contributed by atoms with E-state index in [-0.39, 0.29) is 24.2 Å². The molecule has 0 fully saturated rings. The normalized spacial score (nSPS) is 20.2. The van der Waals surface area contributed by atoms with E-state index >= 15 is 0 Å². The third-order valence-electron chi connectivity index (χ3n) is 4.27. The molecular formula is C20H16ClNO2. The number of carbonyl (C=O) groups excluding carboxylic acids is 1. The van der Waals surface area contributed by atoms with Gasteiger partial charge in [-0.15, -0.1) is 0 Å². The first-order chi connectivity index (χ1) is 11.6. The minimum Gasteiger partial charge on any atom is -0.491 e. The highest BCUT2D eigenvalue weighted by Gasteiger charge is 2.37. The molecule has 0 N–H and O–H groups in total. The van der Waals surface area contributed by atoms with Gasteiger partial charge in [-0.25, -0.2) is 0 Å². The number of carbonyl (C=O) groups is 1. The van der Waals surface area contributed by atoms with Gasteiger partial charge < -0.3 is 4.74 Å². The first-order valence-electron chi connectivity index (χ1n) is 7.70. The molecule has 0 aromatic heterocycles. The van der Waals surface area contributed by atoms with E-state index in [2.05, 4.69) is 6.07 Å². The molecule has 2 aromatic carbocycles. The van der Waals surface area contributed by atoms with E-state index in [0.717, 1.165) is 11.1 Å². The van der Waals surface area contributed by atoms with Gasteiger partial charge in [0.2, 0.25) is 0 Å². The highest BCUT2D eigenvalue weighted by Crippen LogP contribution is 2.41. The molecule has 0 saturated carbocycles. The summed E-state index contributed by atoms with van der Waals surface area (Å²) in [6.45, 7) is 1.80. The molecule has 1 heterocycles. The predicted octanol–water partition coefficient (Wildman–Crippen LogP) is 4.59. The van der Waals surface area contributed by atoms with Crippen molar-refractivity contribution in [3.8, 4) is 6.07 Å². The SMILES string of the molecule is CC(=O)[C@H]1COC(c2ccccc2)=C(C#N)[C@@H]1c1ccc(Cl)cc1. The lowest BCUT2D eigenvalue weighted by molar-refractivity contribution is -0.122. The zero-order chi connectivity index (χ0) is 17.1. The van der Waals surface area contributed by atoms with Crippen molar-refractivity contribution in [2.24, 2.45) is 5.92 Å². The van der Waals surface area contributed by atoms with Crippen molar-refractivity contribution in [1.82, 2.24) is 0 Å². The number of hydrogen-bond acceptors (Lipinski definition) is 3. The summed E-state index contributed by atoms with van der Waals surface area (Å²) in [6.07, 6.45) is 0. The smallest absolute Gasteiger partial charge is 0.140 e. The fraction of sp³-hybridized carbons (Fsp3) is 0.200. The summed E-state index contributed by atoms with van der Waals surface area (Å²) < 4.78 is 5.83. The van der Waals surface area contributed by atoms with Crippen LogP contribution >= 0.6 is 11.6 Å². The molecule has 1 aliphatic heterocycles. The molecule has 0 aliphatic carbocycles. The quantitative estimate of drug-likeness (QED) is 0.822. The number of nitrogens with zero attached hydrogens (tertiary/aromatic N) is 1. The first kappa shape index (κ1) is 16.3. The molecule has 0 radical (unpaired) electrons. The Bertz CT molecular complexity index is 819. The number of rotatable bonds is 3. The van der Waals surface area contributed by atoms with Crippen LogP contribution in [0.1, 0.15) is 24.0 Å². The molecule has 0 spiro atoms. The van der Waals surface area contributed by atoms with E-state index in [1.807, 2.05) is 42.5 Å². The van der Waals surface area contributed by atoms with Crippen molar-refractivity contribution in [1.29, 1.82) is 5.26 Å². The van der Waals surface area contributed by atoms with Gasteiger partial charge in [-0.2, -0.15) is 5.26 Å². The second-order valence-corrected chi connectivity index (χ2v) is 6.21. The van der Waals surface area contributed by atoms with Gasteiger partial charge in [0.15, 0.2) is 0 Å². The monoisotopic (exact) mass is 337 g/mol. The third kappa shape index (κ3) is 3.06. The van der Waals surface area contributed by atoms with Crippen molar-refractivity contribution in [2.45, 2.75) is 12.8 Å². The number of ether oxygens (including phenoxy) is 1. The molecule has 0 amide bonds. The van der Waals surface area contributed by atoms with Crippen LogP contribution in [0.4, 0.5) is 0 Å². The molecule has 2 aromatic rings. The number of allylic oxidation sites excluding steroid dienone is 1. The zero-order valence-corrected chi connectivity index (χ0v) is 14.0. The summed E-state index contributed by atoms with van der Waals surface area (Å²) in [5, 5.41) is 10.4. The second kappa shape index (κ2) is 6.90. The topological polar surface area (TPSA) is 50.1 Å². The molecule has 1 aliphatic rings. The summed E-state index contributed by atoms with van der Waals surface area (Å²) in [5.41, 5.74) is 2.22. The molecule has 2 atom stereocenters. The zero-order valence-electron chi connectivity index (χ0n) is 13.2. The lowest BCUT2D eigenvalue weighted by Crippen LogP contribution is -2.30. The Morgan fingerprint density at radius 1 is 1.17 bits per heavy atom. The highest BCUT2D eigenvalue weighted by molar-refractivity contribution is 6.30. The maximum absolute atomic E-state index is 12.1. The Labute approximate surface area is 146 Å². The Kier molecular flexibility index (Phi) is 4.69. The predicted molar refractivity (Wildman–Crippen MR) is 93.3 cm³/mol. The molecular weight excluding hydrogens is 322 g/mol. The Balaban J connectivity index is 2.16. The van der Waals surface area contributed by atoms with Crippen molar-refractivity contribution in [2.75, 3.05) is 6.61 Å². The van der Waals surface area contributed by atoms with Gasteiger partial charge in [0, 0.05) is 16.5 Å². The number of hydrogen-bond donors (Lipinski definition) is 0.